The lowest BCUT2D eigenvalue weighted by atomic mass is 10.1. The van der Waals surface area contributed by atoms with Crippen LogP contribution in [0.2, 0.25) is 0 Å². The molecule has 0 spiro atoms. The number of hydrogen-bond acceptors (Lipinski definition) is 11. The number of aromatic amines is 1. The predicted octanol–water partition coefficient (Wildman–Crippen LogP) is -2.64. The quantitative estimate of drug-likeness (QED) is 0.130. The number of phosphoric acid groups is 1. The molecule has 0 bridgehead atoms. The molecule has 1 aliphatic rings. The van der Waals surface area contributed by atoms with E-state index in [4.69, 9.17) is 20.3 Å². The fraction of sp³-hybridized carbons (Fsp3) is 0.500. The number of rotatable bonds is 8. The molecule has 0 radical (unpaired) electrons. The van der Waals surface area contributed by atoms with Crippen molar-refractivity contribution in [2.75, 3.05) is 12.3 Å². The highest BCUT2D eigenvalue weighted by molar-refractivity contribution is 7.70. The first-order chi connectivity index (χ1) is 14.2. The summed E-state index contributed by atoms with van der Waals surface area (Å²) in [5.41, 5.74) is 6.23. The standard InChI is InChI=1S/C10H17N6O12P3/c11-8-5-9(13-2-12-8)16(3-14-5)10-7(18)6(17)4(27-10)1-26-31(24,25)28-30(22,23)15-29(19,20)21/h2-4,6-7,10,17-18H,1H2,(H7,11,12,13,15,19,20,21,22,23,24,25)/p+1/t4-,6-,7-,10-/m1/s1. The average molecular weight is 507 g/mol. The van der Waals surface area contributed by atoms with Gasteiger partial charge in [-0.25, -0.2) is 18.3 Å². The Labute approximate surface area is 172 Å². The Balaban J connectivity index is 1.69. The van der Waals surface area contributed by atoms with Crippen molar-refractivity contribution in [1.82, 2.24) is 19.8 Å². The number of phosphoric ester groups is 1. The van der Waals surface area contributed by atoms with Crippen LogP contribution in [0, 0.1) is 0 Å². The van der Waals surface area contributed by atoms with E-state index in [1.54, 1.807) is 0 Å². The van der Waals surface area contributed by atoms with Crippen LogP contribution in [-0.2, 0) is 27.3 Å². The molecule has 2 aromatic rings. The summed E-state index contributed by atoms with van der Waals surface area (Å²) >= 11 is 0. The first kappa shape index (κ1) is 24.3. The summed E-state index contributed by atoms with van der Waals surface area (Å²) in [7, 11) is -16.1. The predicted molar refractivity (Wildman–Crippen MR) is 96.3 cm³/mol. The maximum Gasteiger partial charge on any atom is 0.480 e. The Morgan fingerprint density at radius 2 is 1.87 bits per heavy atom. The van der Waals surface area contributed by atoms with Crippen LogP contribution in [0.5, 0.6) is 0 Å². The van der Waals surface area contributed by atoms with Crippen molar-refractivity contribution in [1.29, 1.82) is 0 Å². The second-order valence-corrected chi connectivity index (χ2v) is 11.0. The Bertz CT molecular complexity index is 1110. The van der Waals surface area contributed by atoms with E-state index in [1.165, 1.54) is 10.9 Å². The molecule has 0 amide bonds. The van der Waals surface area contributed by atoms with Gasteiger partial charge in [0.05, 0.1) is 6.61 Å². The minimum absolute atomic E-state index is 0.104. The number of nitrogens with zero attached hydrogens (tertiary/aromatic N) is 3. The van der Waals surface area contributed by atoms with Gasteiger partial charge in [0, 0.05) is 0 Å². The van der Waals surface area contributed by atoms with E-state index in [9.17, 15) is 33.7 Å². The van der Waals surface area contributed by atoms with Crippen LogP contribution >= 0.6 is 23.3 Å². The van der Waals surface area contributed by atoms with E-state index in [-0.39, 0.29) is 11.5 Å². The normalized spacial score (nSPS) is 28.5. The van der Waals surface area contributed by atoms with E-state index in [0.29, 0.717) is 5.52 Å². The summed E-state index contributed by atoms with van der Waals surface area (Å²) < 4.78 is 49.0. The third-order valence-electron chi connectivity index (χ3n) is 3.93. The summed E-state index contributed by atoms with van der Waals surface area (Å²) in [5, 5.41) is 20.5. The number of anilines is 1. The van der Waals surface area contributed by atoms with Gasteiger partial charge in [0.25, 0.3) is 0 Å². The van der Waals surface area contributed by atoms with Crippen molar-refractivity contribution in [3.8, 4) is 0 Å². The molecule has 0 aromatic carbocycles. The number of aliphatic hydroxyl groups excluding tert-OH is 2. The molecule has 10 N–H and O–H groups in total. The smallest absolute Gasteiger partial charge is 0.387 e. The van der Waals surface area contributed by atoms with Crippen molar-refractivity contribution in [3.63, 3.8) is 0 Å². The highest BCUT2D eigenvalue weighted by Gasteiger charge is 2.48. The lowest BCUT2D eigenvalue weighted by Crippen LogP contribution is -2.45. The van der Waals surface area contributed by atoms with Crippen LogP contribution in [-0.4, -0.2) is 69.7 Å². The van der Waals surface area contributed by atoms with Crippen molar-refractivity contribution in [3.05, 3.63) is 12.7 Å². The number of nitrogens with two attached hydrogens (primary N) is 1. The fourth-order valence-corrected chi connectivity index (χ4v) is 6.16. The summed E-state index contributed by atoms with van der Waals surface area (Å²) in [6.45, 7) is -0.918. The zero-order chi connectivity index (χ0) is 23.2. The zero-order valence-corrected chi connectivity index (χ0v) is 17.7. The maximum atomic E-state index is 11.8. The second kappa shape index (κ2) is 8.53. The highest BCUT2D eigenvalue weighted by Crippen LogP contribution is 2.61. The average Bonchev–Trinajstić information content (AvgIpc) is 3.13. The summed E-state index contributed by atoms with van der Waals surface area (Å²) in [6, 6.07) is 0. The third-order valence-corrected chi connectivity index (χ3v) is 8.17. The minimum atomic E-state index is -5.45. The van der Waals surface area contributed by atoms with Crippen LogP contribution in [0.1, 0.15) is 6.23 Å². The van der Waals surface area contributed by atoms with Crippen molar-refractivity contribution in [2.24, 2.45) is 0 Å². The number of nitrogens with one attached hydrogen (secondary N) is 2. The van der Waals surface area contributed by atoms with Gasteiger partial charge in [0.1, 0.15) is 18.3 Å². The SMILES string of the molecule is Nc1ncnc2c1[nH]c[n+]2[C@@H]1O[C@H](COP(=O)(O)OP(=O)(O)NP(=O)(O)O)[C@@H](O)[C@H]1O. The fourth-order valence-electron chi connectivity index (χ4n) is 2.72. The van der Waals surface area contributed by atoms with E-state index >= 15 is 0 Å². The number of nitrogen functional groups attached to an aromatic ring is 1. The summed E-state index contributed by atoms with van der Waals surface area (Å²) in [4.78, 5) is 47.3. The first-order valence-corrected chi connectivity index (χ1v) is 12.7. The molecule has 0 aliphatic carbocycles. The van der Waals surface area contributed by atoms with E-state index in [0.717, 1.165) is 11.2 Å². The number of imidazole rings is 1. The van der Waals surface area contributed by atoms with E-state index in [2.05, 4.69) is 23.8 Å². The lowest BCUT2D eigenvalue weighted by molar-refractivity contribution is -0.745. The first-order valence-electron chi connectivity index (χ1n) is 8.06. The molecule has 1 fully saturated rings. The molecule has 3 heterocycles. The Morgan fingerprint density at radius 1 is 1.19 bits per heavy atom. The Kier molecular flexibility index (Phi) is 6.68. The van der Waals surface area contributed by atoms with Gasteiger partial charge in [0.15, 0.2) is 18.5 Å². The number of H-pyrrole nitrogens is 1. The van der Waals surface area contributed by atoms with Gasteiger partial charge >= 0.3 is 29.0 Å². The zero-order valence-electron chi connectivity index (χ0n) is 15.1. The molecule has 2 unspecified atom stereocenters. The largest absolute Gasteiger partial charge is 0.480 e. The lowest BCUT2D eigenvalue weighted by Gasteiger charge is -2.19. The van der Waals surface area contributed by atoms with Crippen molar-refractivity contribution in [2.45, 2.75) is 24.5 Å². The number of ether oxygens (including phenoxy) is 1. The van der Waals surface area contributed by atoms with Crippen LogP contribution in [0.4, 0.5) is 5.82 Å². The molecule has 3 rings (SSSR count). The van der Waals surface area contributed by atoms with Gasteiger partial charge < -0.3 is 40.3 Å². The van der Waals surface area contributed by atoms with Crippen LogP contribution in [0.3, 0.4) is 0 Å². The molecule has 1 aliphatic heterocycles. The number of hydrogen-bond donors (Lipinski definition) is 9. The maximum absolute atomic E-state index is 11.8. The monoisotopic (exact) mass is 507 g/mol. The molecule has 31 heavy (non-hydrogen) atoms. The highest BCUT2D eigenvalue weighted by atomic mass is 31.3. The Morgan fingerprint density at radius 3 is 2.52 bits per heavy atom. The van der Waals surface area contributed by atoms with Gasteiger partial charge in [-0.1, -0.05) is 4.98 Å². The molecular weight excluding hydrogens is 489 g/mol. The van der Waals surface area contributed by atoms with Gasteiger partial charge in [0.2, 0.25) is 11.7 Å². The van der Waals surface area contributed by atoms with Crippen molar-refractivity contribution < 1.29 is 61.6 Å². The molecule has 1 saturated heterocycles. The minimum Gasteiger partial charge on any atom is -0.387 e. The molecule has 18 nitrogen and oxygen atoms in total. The molecule has 2 aromatic heterocycles. The molecular formula is C10H18N6O12P3+. The molecule has 6 atom stereocenters. The second-order valence-electron chi connectivity index (χ2n) is 6.19. The van der Waals surface area contributed by atoms with Gasteiger partial charge in [-0.2, -0.15) is 9.29 Å². The third kappa shape index (κ3) is 5.71. The van der Waals surface area contributed by atoms with E-state index < -0.39 is 54.5 Å². The molecule has 0 saturated carbocycles. The van der Waals surface area contributed by atoms with Gasteiger partial charge in [-0.3, -0.25) is 9.51 Å². The summed E-state index contributed by atoms with van der Waals surface area (Å²) in [5.74, 6) is 0.104. The topological polar surface area (TPSA) is 284 Å². The van der Waals surface area contributed by atoms with Crippen LogP contribution in [0.25, 0.3) is 11.2 Å². The Hall–Kier alpha value is -1.36. The number of aliphatic hydroxyl groups is 2. The summed E-state index contributed by atoms with van der Waals surface area (Å²) in [6.07, 6.45) is -3.39. The molecule has 174 valence electrons. The van der Waals surface area contributed by atoms with Gasteiger partial charge in [-0.15, -0.1) is 4.86 Å². The van der Waals surface area contributed by atoms with E-state index in [1.807, 2.05) is 0 Å². The molecule has 21 heteroatoms. The van der Waals surface area contributed by atoms with Crippen molar-refractivity contribution >= 4 is 40.3 Å². The number of fused-ring (bicyclic) bond motifs is 1. The van der Waals surface area contributed by atoms with Crippen LogP contribution in [0.15, 0.2) is 12.7 Å². The van der Waals surface area contributed by atoms with Crippen LogP contribution < -0.4 is 15.2 Å². The number of aromatic nitrogens is 4. The van der Waals surface area contributed by atoms with Gasteiger partial charge in [-0.05, 0) is 0 Å².